The van der Waals surface area contributed by atoms with E-state index in [0.717, 1.165) is 11.6 Å². The number of imidazole rings is 1. The van der Waals surface area contributed by atoms with E-state index in [9.17, 15) is 5.11 Å². The van der Waals surface area contributed by atoms with E-state index in [2.05, 4.69) is 18.8 Å². The fourth-order valence-corrected chi connectivity index (χ4v) is 2.14. The highest BCUT2D eigenvalue weighted by molar-refractivity contribution is 5.32. The third-order valence-electron chi connectivity index (χ3n) is 3.16. The van der Waals surface area contributed by atoms with Crippen LogP contribution in [-0.2, 0) is 6.54 Å². The zero-order valence-electron chi connectivity index (χ0n) is 12.7. The molecule has 21 heavy (non-hydrogen) atoms. The highest BCUT2D eigenvalue weighted by Crippen LogP contribution is 2.19. The largest absolute Gasteiger partial charge is 0.497 e. The molecule has 0 saturated heterocycles. The Labute approximate surface area is 125 Å². The summed E-state index contributed by atoms with van der Waals surface area (Å²) in [4.78, 5) is 4.30. The lowest BCUT2D eigenvalue weighted by Crippen LogP contribution is -2.24. The summed E-state index contributed by atoms with van der Waals surface area (Å²) in [5.74, 6) is 2.71. The minimum absolute atomic E-state index is 0.225. The normalized spacial score (nSPS) is 12.4. The topological polar surface area (TPSA) is 56.5 Å². The minimum atomic E-state index is -0.595. The van der Waals surface area contributed by atoms with Gasteiger partial charge in [0.05, 0.1) is 13.7 Å². The van der Waals surface area contributed by atoms with Gasteiger partial charge in [-0.3, -0.25) is 0 Å². The van der Waals surface area contributed by atoms with E-state index in [4.69, 9.17) is 9.47 Å². The van der Waals surface area contributed by atoms with Gasteiger partial charge in [0.1, 0.15) is 30.0 Å². The van der Waals surface area contributed by atoms with Crippen molar-refractivity contribution in [1.82, 2.24) is 9.55 Å². The van der Waals surface area contributed by atoms with Crippen LogP contribution in [-0.4, -0.2) is 34.5 Å². The number of aliphatic hydroxyl groups is 1. The Hall–Kier alpha value is -2.01. The van der Waals surface area contributed by atoms with Gasteiger partial charge in [0, 0.05) is 24.4 Å². The number of nitrogens with zero attached hydrogens (tertiary/aromatic N) is 2. The molecule has 2 aromatic rings. The molecule has 0 bridgehead atoms. The molecule has 0 amide bonds. The number of aliphatic hydroxyl groups excluding tert-OH is 1. The molecule has 0 radical (unpaired) electrons. The maximum absolute atomic E-state index is 10.1. The average molecular weight is 290 g/mol. The molecule has 114 valence electrons. The first-order chi connectivity index (χ1) is 10.1. The molecule has 1 atom stereocenters. The van der Waals surface area contributed by atoms with Crippen LogP contribution in [0.15, 0.2) is 36.7 Å². The van der Waals surface area contributed by atoms with E-state index in [1.807, 2.05) is 29.0 Å². The van der Waals surface area contributed by atoms with Gasteiger partial charge in [0.2, 0.25) is 0 Å². The van der Waals surface area contributed by atoms with Crippen LogP contribution in [0.2, 0.25) is 0 Å². The maximum Gasteiger partial charge on any atom is 0.123 e. The molecular weight excluding hydrogens is 268 g/mol. The first kappa shape index (κ1) is 15.4. The second kappa shape index (κ2) is 7.13. The molecule has 1 N–H and O–H groups in total. The van der Waals surface area contributed by atoms with Crippen LogP contribution in [0.25, 0.3) is 0 Å². The maximum atomic E-state index is 10.1. The van der Waals surface area contributed by atoms with E-state index in [0.29, 0.717) is 18.2 Å². The average Bonchev–Trinajstić information content (AvgIpc) is 2.93. The fourth-order valence-electron chi connectivity index (χ4n) is 2.14. The van der Waals surface area contributed by atoms with Gasteiger partial charge >= 0.3 is 0 Å². The van der Waals surface area contributed by atoms with Crippen LogP contribution in [0.5, 0.6) is 11.5 Å². The second-order valence-corrected chi connectivity index (χ2v) is 5.24. The van der Waals surface area contributed by atoms with Crippen molar-refractivity contribution in [3.63, 3.8) is 0 Å². The van der Waals surface area contributed by atoms with Crippen molar-refractivity contribution in [2.24, 2.45) is 0 Å². The Kier molecular flexibility index (Phi) is 5.22. The standard InChI is InChI=1S/C16H22N2O3/c1-12(2)16-17-7-8-18(16)10-13(19)11-21-15-6-4-5-14(9-15)20-3/h4-9,12-13,19H,10-11H2,1-3H3/t13-/m0/s1. The fraction of sp³-hybridized carbons (Fsp3) is 0.438. The Morgan fingerprint density at radius 2 is 2.05 bits per heavy atom. The summed E-state index contributed by atoms with van der Waals surface area (Å²) in [6, 6.07) is 7.34. The summed E-state index contributed by atoms with van der Waals surface area (Å²) in [5, 5.41) is 10.1. The van der Waals surface area contributed by atoms with Gasteiger partial charge in [0.15, 0.2) is 0 Å². The van der Waals surface area contributed by atoms with Crippen LogP contribution >= 0.6 is 0 Å². The summed E-state index contributed by atoms with van der Waals surface area (Å²) in [6.07, 6.45) is 3.04. The van der Waals surface area contributed by atoms with Crippen LogP contribution in [0.4, 0.5) is 0 Å². The van der Waals surface area contributed by atoms with E-state index in [-0.39, 0.29) is 6.61 Å². The first-order valence-electron chi connectivity index (χ1n) is 7.06. The lowest BCUT2D eigenvalue weighted by molar-refractivity contribution is 0.0914. The number of ether oxygens (including phenoxy) is 2. The van der Waals surface area contributed by atoms with E-state index >= 15 is 0 Å². The zero-order chi connectivity index (χ0) is 15.2. The van der Waals surface area contributed by atoms with Crippen LogP contribution in [0.1, 0.15) is 25.6 Å². The van der Waals surface area contributed by atoms with Crippen molar-refractivity contribution in [3.05, 3.63) is 42.5 Å². The van der Waals surface area contributed by atoms with Crippen molar-refractivity contribution in [2.75, 3.05) is 13.7 Å². The van der Waals surface area contributed by atoms with Gasteiger partial charge < -0.3 is 19.1 Å². The molecule has 0 fully saturated rings. The molecule has 1 heterocycles. The van der Waals surface area contributed by atoms with Crippen molar-refractivity contribution >= 4 is 0 Å². The summed E-state index contributed by atoms with van der Waals surface area (Å²) in [6.45, 7) is 4.86. The number of rotatable bonds is 7. The van der Waals surface area contributed by atoms with E-state index in [1.165, 1.54) is 0 Å². The molecule has 0 spiro atoms. The molecule has 5 heteroatoms. The van der Waals surface area contributed by atoms with Crippen molar-refractivity contribution in [3.8, 4) is 11.5 Å². The van der Waals surface area contributed by atoms with Gasteiger partial charge in [-0.1, -0.05) is 19.9 Å². The van der Waals surface area contributed by atoms with E-state index in [1.54, 1.807) is 19.4 Å². The smallest absolute Gasteiger partial charge is 0.123 e. The van der Waals surface area contributed by atoms with Crippen LogP contribution < -0.4 is 9.47 Å². The Balaban J connectivity index is 1.89. The molecule has 0 aliphatic carbocycles. The summed E-state index contributed by atoms with van der Waals surface area (Å²) < 4.78 is 12.7. The molecule has 0 unspecified atom stereocenters. The predicted octanol–water partition coefficient (Wildman–Crippen LogP) is 2.46. The molecular formula is C16H22N2O3. The van der Waals surface area contributed by atoms with Crippen molar-refractivity contribution in [1.29, 1.82) is 0 Å². The first-order valence-corrected chi connectivity index (χ1v) is 7.06. The molecule has 2 rings (SSSR count). The Morgan fingerprint density at radius 3 is 2.76 bits per heavy atom. The molecule has 1 aromatic carbocycles. The minimum Gasteiger partial charge on any atom is -0.497 e. The summed E-state index contributed by atoms with van der Waals surface area (Å²) in [7, 11) is 1.61. The molecule has 0 aliphatic rings. The van der Waals surface area contributed by atoms with E-state index < -0.39 is 6.10 Å². The van der Waals surface area contributed by atoms with Crippen LogP contribution in [0, 0.1) is 0 Å². The Bertz CT molecular complexity index is 566. The molecule has 0 saturated carbocycles. The second-order valence-electron chi connectivity index (χ2n) is 5.24. The van der Waals surface area contributed by atoms with Gasteiger partial charge in [-0.2, -0.15) is 0 Å². The monoisotopic (exact) mass is 290 g/mol. The number of benzene rings is 1. The highest BCUT2D eigenvalue weighted by atomic mass is 16.5. The number of hydrogen-bond donors (Lipinski definition) is 1. The highest BCUT2D eigenvalue weighted by Gasteiger charge is 2.12. The van der Waals surface area contributed by atoms with Crippen molar-refractivity contribution < 1.29 is 14.6 Å². The van der Waals surface area contributed by atoms with Gasteiger partial charge in [0.25, 0.3) is 0 Å². The Morgan fingerprint density at radius 1 is 1.29 bits per heavy atom. The number of hydrogen-bond acceptors (Lipinski definition) is 4. The number of methoxy groups -OCH3 is 1. The molecule has 0 aliphatic heterocycles. The van der Waals surface area contributed by atoms with Gasteiger partial charge in [-0.15, -0.1) is 0 Å². The summed E-state index contributed by atoms with van der Waals surface area (Å²) in [5.41, 5.74) is 0. The summed E-state index contributed by atoms with van der Waals surface area (Å²) >= 11 is 0. The molecule has 5 nitrogen and oxygen atoms in total. The quantitative estimate of drug-likeness (QED) is 0.851. The SMILES string of the molecule is COc1cccc(OC[C@@H](O)Cn2ccnc2C(C)C)c1. The zero-order valence-corrected chi connectivity index (χ0v) is 12.7. The van der Waals surface area contributed by atoms with Crippen molar-refractivity contribution in [2.45, 2.75) is 32.4 Å². The lowest BCUT2D eigenvalue weighted by Gasteiger charge is -2.16. The predicted molar refractivity (Wildman–Crippen MR) is 80.8 cm³/mol. The van der Waals surface area contributed by atoms with Crippen LogP contribution in [0.3, 0.4) is 0 Å². The van der Waals surface area contributed by atoms with Gasteiger partial charge in [-0.05, 0) is 12.1 Å². The third kappa shape index (κ3) is 4.23. The van der Waals surface area contributed by atoms with Gasteiger partial charge in [-0.25, -0.2) is 4.98 Å². The third-order valence-corrected chi connectivity index (χ3v) is 3.16. The lowest BCUT2D eigenvalue weighted by atomic mass is 10.2. The number of aromatic nitrogens is 2. The molecule has 1 aromatic heterocycles.